The summed E-state index contributed by atoms with van der Waals surface area (Å²) in [6.07, 6.45) is 7.50. The zero-order chi connectivity index (χ0) is 15.6. The number of fused-ring (bicyclic) bond motifs is 2. The van der Waals surface area contributed by atoms with Crippen molar-refractivity contribution < 1.29 is 4.79 Å². The number of hydrogen-bond acceptors (Lipinski definition) is 1. The average molecular weight is 308 g/mol. The number of nitrogens with zero attached hydrogens (tertiary/aromatic N) is 1. The smallest absolute Gasteiger partial charge is 0.321 e. The number of benzene rings is 2. The van der Waals surface area contributed by atoms with Crippen molar-refractivity contribution in [3.05, 3.63) is 42.5 Å². The number of nitrogens with one attached hydrogen (secondary N) is 1. The Kier molecular flexibility index (Phi) is 3.94. The van der Waals surface area contributed by atoms with Gasteiger partial charge in [-0.15, -0.1) is 0 Å². The summed E-state index contributed by atoms with van der Waals surface area (Å²) in [5, 5.41) is 5.45. The molecule has 0 aromatic heterocycles. The maximum absolute atomic E-state index is 12.9. The molecule has 2 fully saturated rings. The van der Waals surface area contributed by atoms with Gasteiger partial charge in [0.15, 0.2) is 0 Å². The fourth-order valence-electron chi connectivity index (χ4n) is 4.40. The molecule has 2 aromatic rings. The van der Waals surface area contributed by atoms with Crippen LogP contribution in [0.25, 0.3) is 10.8 Å². The molecule has 2 aliphatic rings. The van der Waals surface area contributed by atoms with Gasteiger partial charge in [0.05, 0.1) is 5.69 Å². The molecule has 0 spiro atoms. The Labute approximate surface area is 137 Å². The molecule has 2 aromatic carbocycles. The fraction of sp³-hybridized carbons (Fsp3) is 0.450. The average Bonchev–Trinajstić information content (AvgIpc) is 2.61. The summed E-state index contributed by atoms with van der Waals surface area (Å²) < 4.78 is 0. The molecule has 3 heteroatoms. The Morgan fingerprint density at radius 1 is 0.957 bits per heavy atom. The standard InChI is InChI=1S/C20H24N2O/c23-20(22-14-6-10-16-8-2-4-13-19(16)22)21-18-12-5-9-15-7-1-3-11-17(15)18/h1,3,5,7,9,11-12,16,19H,2,4,6,8,10,13-14H2,(H,21,23)/t16-,19-/m1/s1. The fourth-order valence-corrected chi connectivity index (χ4v) is 4.40. The SMILES string of the molecule is O=C(Nc1cccc2ccccc12)N1CCC[C@H]2CCCC[C@H]21. The summed E-state index contributed by atoms with van der Waals surface area (Å²) in [6.45, 7) is 0.901. The third kappa shape index (κ3) is 2.80. The summed E-state index contributed by atoms with van der Waals surface area (Å²) >= 11 is 0. The van der Waals surface area contributed by atoms with Gasteiger partial charge in [-0.25, -0.2) is 4.79 Å². The second-order valence-corrected chi connectivity index (χ2v) is 6.90. The van der Waals surface area contributed by atoms with Crippen LogP contribution in [0.1, 0.15) is 38.5 Å². The second-order valence-electron chi connectivity index (χ2n) is 6.90. The van der Waals surface area contributed by atoms with Gasteiger partial charge in [-0.3, -0.25) is 0 Å². The van der Waals surface area contributed by atoms with Crippen LogP contribution in [0.4, 0.5) is 10.5 Å². The van der Waals surface area contributed by atoms with Gasteiger partial charge in [0.2, 0.25) is 0 Å². The molecule has 3 nitrogen and oxygen atoms in total. The minimum Gasteiger partial charge on any atom is -0.321 e. The van der Waals surface area contributed by atoms with Crippen LogP contribution in [0.5, 0.6) is 0 Å². The van der Waals surface area contributed by atoms with Crippen molar-refractivity contribution in [2.24, 2.45) is 5.92 Å². The number of carbonyl (C=O) groups is 1. The van der Waals surface area contributed by atoms with Gasteiger partial charge < -0.3 is 10.2 Å². The molecule has 120 valence electrons. The number of rotatable bonds is 1. The molecule has 2 atom stereocenters. The normalized spacial score (nSPS) is 24.3. The van der Waals surface area contributed by atoms with E-state index in [1.807, 2.05) is 24.3 Å². The lowest BCUT2D eigenvalue weighted by Gasteiger charge is -2.44. The number of urea groups is 1. The highest BCUT2D eigenvalue weighted by molar-refractivity contribution is 6.01. The Balaban J connectivity index is 1.56. The molecule has 1 saturated heterocycles. The molecule has 1 aliphatic carbocycles. The molecule has 1 aliphatic heterocycles. The first kappa shape index (κ1) is 14.6. The van der Waals surface area contributed by atoms with Gasteiger partial charge in [0.25, 0.3) is 0 Å². The van der Waals surface area contributed by atoms with Gasteiger partial charge >= 0.3 is 6.03 Å². The lowest BCUT2D eigenvalue weighted by Crippen LogP contribution is -2.51. The Hall–Kier alpha value is -2.03. The second kappa shape index (κ2) is 6.23. The van der Waals surface area contributed by atoms with Crippen LogP contribution >= 0.6 is 0 Å². The molecule has 1 heterocycles. The zero-order valence-corrected chi connectivity index (χ0v) is 13.5. The van der Waals surface area contributed by atoms with Gasteiger partial charge in [-0.2, -0.15) is 0 Å². The number of likely N-dealkylation sites (tertiary alicyclic amines) is 1. The Morgan fingerprint density at radius 3 is 2.70 bits per heavy atom. The van der Waals surface area contributed by atoms with Crippen LogP contribution in [0, 0.1) is 5.92 Å². The summed E-state index contributed by atoms with van der Waals surface area (Å²) in [5.74, 6) is 0.718. The summed E-state index contributed by atoms with van der Waals surface area (Å²) in [5.41, 5.74) is 0.922. The van der Waals surface area contributed by atoms with E-state index in [-0.39, 0.29) is 6.03 Å². The van der Waals surface area contributed by atoms with Crippen LogP contribution in [-0.4, -0.2) is 23.5 Å². The van der Waals surface area contributed by atoms with Crippen LogP contribution in [-0.2, 0) is 0 Å². The van der Waals surface area contributed by atoms with Gasteiger partial charge in [0.1, 0.15) is 0 Å². The first-order valence-corrected chi connectivity index (χ1v) is 8.88. The number of hydrogen-bond donors (Lipinski definition) is 1. The number of amides is 2. The first-order valence-electron chi connectivity index (χ1n) is 8.88. The quantitative estimate of drug-likeness (QED) is 0.787. The zero-order valence-electron chi connectivity index (χ0n) is 13.5. The van der Waals surface area contributed by atoms with Crippen molar-refractivity contribution in [3.63, 3.8) is 0 Å². The van der Waals surface area contributed by atoms with E-state index in [4.69, 9.17) is 0 Å². The third-order valence-electron chi connectivity index (χ3n) is 5.54. The van der Waals surface area contributed by atoms with Gasteiger partial charge in [-0.1, -0.05) is 49.2 Å². The van der Waals surface area contributed by atoms with Crippen LogP contribution in [0.15, 0.2) is 42.5 Å². The predicted octanol–water partition coefficient (Wildman–Crippen LogP) is 5.03. The minimum absolute atomic E-state index is 0.0814. The maximum Gasteiger partial charge on any atom is 0.322 e. The van der Waals surface area contributed by atoms with Crippen molar-refractivity contribution in [1.29, 1.82) is 0 Å². The monoisotopic (exact) mass is 308 g/mol. The van der Waals surface area contributed by atoms with Gasteiger partial charge in [0, 0.05) is 18.0 Å². The molecule has 23 heavy (non-hydrogen) atoms. The molecule has 4 rings (SSSR count). The van der Waals surface area contributed by atoms with Crippen LogP contribution < -0.4 is 5.32 Å². The van der Waals surface area contributed by atoms with Crippen molar-refractivity contribution in [2.45, 2.75) is 44.6 Å². The molecular weight excluding hydrogens is 284 g/mol. The molecule has 0 radical (unpaired) electrons. The van der Waals surface area contributed by atoms with E-state index >= 15 is 0 Å². The Morgan fingerprint density at radius 2 is 1.74 bits per heavy atom. The van der Waals surface area contributed by atoms with E-state index in [0.717, 1.165) is 30.0 Å². The van der Waals surface area contributed by atoms with E-state index in [1.165, 1.54) is 37.5 Å². The van der Waals surface area contributed by atoms with Crippen molar-refractivity contribution >= 4 is 22.5 Å². The molecule has 2 amide bonds. The van der Waals surface area contributed by atoms with E-state index < -0.39 is 0 Å². The maximum atomic E-state index is 12.9. The highest BCUT2D eigenvalue weighted by Crippen LogP contribution is 2.35. The Bertz CT molecular complexity index is 704. The van der Waals surface area contributed by atoms with Crippen LogP contribution in [0.3, 0.4) is 0 Å². The molecule has 1 saturated carbocycles. The number of piperidine rings is 1. The lowest BCUT2D eigenvalue weighted by molar-refractivity contribution is 0.0910. The predicted molar refractivity (Wildman–Crippen MR) is 94.7 cm³/mol. The van der Waals surface area contributed by atoms with Crippen molar-refractivity contribution in [2.75, 3.05) is 11.9 Å². The van der Waals surface area contributed by atoms with Crippen molar-refractivity contribution in [3.8, 4) is 0 Å². The molecule has 1 N–H and O–H groups in total. The van der Waals surface area contributed by atoms with Crippen molar-refractivity contribution in [1.82, 2.24) is 4.90 Å². The highest BCUT2D eigenvalue weighted by Gasteiger charge is 2.35. The largest absolute Gasteiger partial charge is 0.322 e. The topological polar surface area (TPSA) is 32.3 Å². The third-order valence-corrected chi connectivity index (χ3v) is 5.54. The van der Waals surface area contributed by atoms with E-state index in [2.05, 4.69) is 28.4 Å². The van der Waals surface area contributed by atoms with E-state index in [0.29, 0.717) is 6.04 Å². The molecular formula is C20H24N2O. The summed E-state index contributed by atoms with van der Waals surface area (Å²) in [6, 6.07) is 14.9. The van der Waals surface area contributed by atoms with Crippen LogP contribution in [0.2, 0.25) is 0 Å². The highest BCUT2D eigenvalue weighted by atomic mass is 16.2. The lowest BCUT2D eigenvalue weighted by atomic mass is 9.78. The van der Waals surface area contributed by atoms with E-state index in [1.54, 1.807) is 0 Å². The summed E-state index contributed by atoms with van der Waals surface area (Å²) in [4.78, 5) is 15.0. The number of carbonyl (C=O) groups excluding carboxylic acids is 1. The molecule has 0 bridgehead atoms. The first-order chi connectivity index (χ1) is 11.3. The van der Waals surface area contributed by atoms with Gasteiger partial charge in [-0.05, 0) is 43.1 Å². The summed E-state index contributed by atoms with van der Waals surface area (Å²) in [7, 11) is 0. The van der Waals surface area contributed by atoms with E-state index in [9.17, 15) is 4.79 Å². The minimum atomic E-state index is 0.0814. The molecule has 0 unspecified atom stereocenters. The number of anilines is 1.